The van der Waals surface area contributed by atoms with Crippen LogP contribution in [0.5, 0.6) is 5.75 Å². The fourth-order valence-corrected chi connectivity index (χ4v) is 2.35. The number of benzene rings is 2. The number of rotatable bonds is 3. The van der Waals surface area contributed by atoms with Crippen LogP contribution in [0.1, 0.15) is 0 Å². The van der Waals surface area contributed by atoms with Crippen LogP contribution in [-0.2, 0) is 0 Å². The maximum absolute atomic E-state index is 5.42. The molecular weight excluding hydrogens is 278 g/mol. The van der Waals surface area contributed by atoms with E-state index in [2.05, 4.69) is 15.1 Å². The van der Waals surface area contributed by atoms with Crippen molar-refractivity contribution in [3.63, 3.8) is 0 Å². The fourth-order valence-electron chi connectivity index (χ4n) is 2.35. The molecule has 22 heavy (non-hydrogen) atoms. The molecule has 0 saturated carbocycles. The smallest absolute Gasteiger partial charge is 0.167 e. The molecule has 2 aromatic heterocycles. The molecule has 4 aromatic rings. The van der Waals surface area contributed by atoms with Crippen molar-refractivity contribution >= 4 is 11.0 Å². The van der Waals surface area contributed by atoms with Gasteiger partial charge in [-0.15, -0.1) is 0 Å². The lowest BCUT2D eigenvalue weighted by Gasteiger charge is -1.99. The number of fused-ring (bicyclic) bond motifs is 1. The van der Waals surface area contributed by atoms with Gasteiger partial charge in [0.15, 0.2) is 11.6 Å². The summed E-state index contributed by atoms with van der Waals surface area (Å²) in [5.41, 5.74) is 3.51. The first-order valence-corrected chi connectivity index (χ1v) is 6.90. The van der Waals surface area contributed by atoms with Crippen molar-refractivity contribution in [3.8, 4) is 28.6 Å². The van der Waals surface area contributed by atoms with Crippen molar-refractivity contribution < 1.29 is 9.26 Å². The van der Waals surface area contributed by atoms with Gasteiger partial charge in [0.05, 0.1) is 18.1 Å². The summed E-state index contributed by atoms with van der Waals surface area (Å²) in [5, 5.41) is 4.10. The summed E-state index contributed by atoms with van der Waals surface area (Å²) < 4.78 is 10.6. The minimum Gasteiger partial charge on any atom is -0.497 e. The van der Waals surface area contributed by atoms with Crippen LogP contribution in [0.15, 0.2) is 59.1 Å². The minimum absolute atomic E-state index is 0.682. The zero-order chi connectivity index (χ0) is 14.9. The summed E-state index contributed by atoms with van der Waals surface area (Å²) in [4.78, 5) is 7.76. The number of aromatic nitrogens is 3. The molecule has 1 N–H and O–H groups in total. The molecule has 5 heteroatoms. The number of methoxy groups -OCH3 is 1. The Balaban J connectivity index is 1.70. The van der Waals surface area contributed by atoms with Gasteiger partial charge in [-0.25, -0.2) is 4.98 Å². The number of hydrogen-bond donors (Lipinski definition) is 1. The molecule has 0 radical (unpaired) electrons. The Labute approximate surface area is 126 Å². The first-order chi connectivity index (χ1) is 10.8. The fraction of sp³-hybridized carbons (Fsp3) is 0.0588. The third-order valence-corrected chi connectivity index (χ3v) is 3.52. The van der Waals surface area contributed by atoms with Gasteiger partial charge in [-0.2, -0.15) is 0 Å². The molecule has 0 aliphatic rings. The van der Waals surface area contributed by atoms with E-state index < -0.39 is 0 Å². The molecule has 0 aliphatic carbocycles. The molecule has 0 bridgehead atoms. The number of nitrogens with zero attached hydrogens (tertiary/aromatic N) is 2. The standard InChI is InChI=1S/C17H13N3O2/c1-21-12-8-6-11(7-9-12)16-10-15(20-22-16)17-18-13-4-2-3-5-14(13)19-17/h2-10H,1H3,(H,18,19). The van der Waals surface area contributed by atoms with E-state index in [-0.39, 0.29) is 0 Å². The number of imidazole rings is 1. The van der Waals surface area contributed by atoms with Gasteiger partial charge >= 0.3 is 0 Å². The second-order valence-electron chi connectivity index (χ2n) is 4.91. The third kappa shape index (κ3) is 2.13. The SMILES string of the molecule is COc1ccc(-c2cc(-c3nc4ccccc4[nH]3)no2)cc1. The van der Waals surface area contributed by atoms with E-state index in [0.29, 0.717) is 17.3 Å². The molecule has 2 heterocycles. The molecule has 0 unspecified atom stereocenters. The molecule has 5 nitrogen and oxygen atoms in total. The van der Waals surface area contributed by atoms with Gasteiger partial charge in [0.1, 0.15) is 11.4 Å². The van der Waals surface area contributed by atoms with Gasteiger partial charge in [-0.1, -0.05) is 17.3 Å². The predicted octanol–water partition coefficient (Wildman–Crippen LogP) is 3.89. The maximum atomic E-state index is 5.42. The number of nitrogens with one attached hydrogen (secondary N) is 1. The van der Waals surface area contributed by atoms with Gasteiger partial charge in [-0.05, 0) is 36.4 Å². The summed E-state index contributed by atoms with van der Waals surface area (Å²) in [6.45, 7) is 0. The Kier molecular flexibility index (Phi) is 2.89. The van der Waals surface area contributed by atoms with Crippen molar-refractivity contribution in [1.29, 1.82) is 0 Å². The minimum atomic E-state index is 0.682. The zero-order valence-corrected chi connectivity index (χ0v) is 11.9. The number of H-pyrrole nitrogens is 1. The lowest BCUT2D eigenvalue weighted by molar-refractivity contribution is 0.414. The molecule has 0 fully saturated rings. The van der Waals surface area contributed by atoms with Crippen LogP contribution in [0.3, 0.4) is 0 Å². The third-order valence-electron chi connectivity index (χ3n) is 3.52. The van der Waals surface area contributed by atoms with E-state index in [9.17, 15) is 0 Å². The maximum Gasteiger partial charge on any atom is 0.167 e. The second-order valence-corrected chi connectivity index (χ2v) is 4.91. The molecule has 4 rings (SSSR count). The van der Waals surface area contributed by atoms with Crippen LogP contribution < -0.4 is 4.74 Å². The number of para-hydroxylation sites is 2. The number of ether oxygens (including phenoxy) is 1. The molecule has 108 valence electrons. The van der Waals surface area contributed by atoms with Crippen molar-refractivity contribution in [1.82, 2.24) is 15.1 Å². The second kappa shape index (κ2) is 5.04. The molecule has 0 saturated heterocycles. The normalized spacial score (nSPS) is 11.0. The van der Waals surface area contributed by atoms with Crippen molar-refractivity contribution in [2.75, 3.05) is 7.11 Å². The van der Waals surface area contributed by atoms with Crippen LogP contribution in [-0.4, -0.2) is 22.2 Å². The van der Waals surface area contributed by atoms with Gasteiger partial charge in [-0.3, -0.25) is 0 Å². The highest BCUT2D eigenvalue weighted by Crippen LogP contribution is 2.27. The van der Waals surface area contributed by atoms with Crippen LogP contribution in [0.2, 0.25) is 0 Å². The Hall–Kier alpha value is -3.08. The molecule has 0 aliphatic heterocycles. The summed E-state index contributed by atoms with van der Waals surface area (Å²) in [7, 11) is 1.64. The quantitative estimate of drug-likeness (QED) is 0.622. The molecule has 0 spiro atoms. The van der Waals surface area contributed by atoms with E-state index in [1.807, 2.05) is 54.6 Å². The summed E-state index contributed by atoms with van der Waals surface area (Å²) in [6.07, 6.45) is 0. The van der Waals surface area contributed by atoms with Crippen molar-refractivity contribution in [2.24, 2.45) is 0 Å². The topological polar surface area (TPSA) is 63.9 Å². The Morgan fingerprint density at radius 1 is 1.05 bits per heavy atom. The van der Waals surface area contributed by atoms with E-state index >= 15 is 0 Å². The average molecular weight is 291 g/mol. The van der Waals surface area contributed by atoms with E-state index in [1.165, 1.54) is 0 Å². The number of hydrogen-bond acceptors (Lipinski definition) is 4. The van der Waals surface area contributed by atoms with E-state index in [4.69, 9.17) is 9.26 Å². The van der Waals surface area contributed by atoms with Gasteiger partial charge in [0.2, 0.25) is 0 Å². The highest BCUT2D eigenvalue weighted by Gasteiger charge is 2.12. The Morgan fingerprint density at radius 2 is 1.86 bits per heavy atom. The van der Waals surface area contributed by atoms with Crippen LogP contribution in [0, 0.1) is 0 Å². The van der Waals surface area contributed by atoms with Gasteiger partial charge in [0.25, 0.3) is 0 Å². The largest absolute Gasteiger partial charge is 0.497 e. The number of aromatic amines is 1. The van der Waals surface area contributed by atoms with Crippen molar-refractivity contribution in [3.05, 3.63) is 54.6 Å². The molecular formula is C17H13N3O2. The zero-order valence-electron chi connectivity index (χ0n) is 11.9. The first-order valence-electron chi connectivity index (χ1n) is 6.90. The molecule has 0 amide bonds. The van der Waals surface area contributed by atoms with Gasteiger partial charge < -0.3 is 14.2 Å². The Morgan fingerprint density at radius 3 is 2.64 bits per heavy atom. The van der Waals surface area contributed by atoms with Crippen molar-refractivity contribution in [2.45, 2.75) is 0 Å². The van der Waals surface area contributed by atoms with Crippen LogP contribution in [0.25, 0.3) is 33.9 Å². The summed E-state index contributed by atoms with van der Waals surface area (Å²) in [6, 6.07) is 17.4. The Bertz CT molecular complexity index is 889. The van der Waals surface area contributed by atoms with Crippen LogP contribution >= 0.6 is 0 Å². The average Bonchev–Trinajstić information content (AvgIpc) is 3.21. The monoisotopic (exact) mass is 291 g/mol. The highest BCUT2D eigenvalue weighted by molar-refractivity contribution is 5.79. The summed E-state index contributed by atoms with van der Waals surface area (Å²) in [5.74, 6) is 2.20. The first kappa shape index (κ1) is 12.6. The van der Waals surface area contributed by atoms with E-state index in [0.717, 1.165) is 22.3 Å². The predicted molar refractivity (Wildman–Crippen MR) is 83.6 cm³/mol. The summed E-state index contributed by atoms with van der Waals surface area (Å²) >= 11 is 0. The molecule has 0 atom stereocenters. The highest BCUT2D eigenvalue weighted by atomic mass is 16.5. The lowest BCUT2D eigenvalue weighted by Crippen LogP contribution is -1.81. The van der Waals surface area contributed by atoms with E-state index in [1.54, 1.807) is 7.11 Å². The lowest BCUT2D eigenvalue weighted by atomic mass is 10.1. The van der Waals surface area contributed by atoms with Crippen LogP contribution in [0.4, 0.5) is 0 Å². The van der Waals surface area contributed by atoms with Gasteiger partial charge in [0, 0.05) is 11.6 Å². The molecule has 2 aromatic carbocycles.